The van der Waals surface area contributed by atoms with E-state index in [1.807, 2.05) is 30.3 Å². The Morgan fingerprint density at radius 3 is 2.35 bits per heavy atom. The zero-order valence-corrected chi connectivity index (χ0v) is 13.8. The maximum atomic E-state index is 13.1. The van der Waals surface area contributed by atoms with Gasteiger partial charge in [-0.1, -0.05) is 49.6 Å². The number of aliphatic hydroxyl groups is 1. The molecule has 1 aliphatic carbocycles. The van der Waals surface area contributed by atoms with Crippen molar-refractivity contribution in [3.8, 4) is 0 Å². The number of hydrogen-bond donors (Lipinski definition) is 3. The van der Waals surface area contributed by atoms with Gasteiger partial charge in [0.25, 0.3) is 5.91 Å². The van der Waals surface area contributed by atoms with Crippen molar-refractivity contribution >= 4 is 5.91 Å². The summed E-state index contributed by atoms with van der Waals surface area (Å²) in [5, 5.41) is 17.9. The van der Waals surface area contributed by atoms with Crippen LogP contribution in [0.3, 0.4) is 0 Å². The molecule has 126 valence electrons. The smallest absolute Gasteiger partial charge is 0.257 e. The Bertz CT molecular complexity index is 507. The Balaban J connectivity index is 1.83. The van der Waals surface area contributed by atoms with Gasteiger partial charge in [-0.05, 0) is 44.3 Å². The van der Waals surface area contributed by atoms with Crippen molar-refractivity contribution in [2.75, 3.05) is 13.1 Å². The van der Waals surface area contributed by atoms with E-state index in [0.29, 0.717) is 0 Å². The van der Waals surface area contributed by atoms with Gasteiger partial charge in [0.1, 0.15) is 0 Å². The minimum Gasteiger partial charge on any atom is -0.375 e. The third kappa shape index (κ3) is 3.59. The van der Waals surface area contributed by atoms with Crippen LogP contribution in [0.5, 0.6) is 0 Å². The molecule has 1 saturated carbocycles. The summed E-state index contributed by atoms with van der Waals surface area (Å²) in [4.78, 5) is 13.1. The molecular formula is C19H28N2O2. The van der Waals surface area contributed by atoms with E-state index in [9.17, 15) is 9.90 Å². The zero-order chi connectivity index (χ0) is 16.1. The number of nitrogens with one attached hydrogen (secondary N) is 2. The van der Waals surface area contributed by atoms with Crippen molar-refractivity contribution in [1.82, 2.24) is 10.6 Å². The third-order valence-electron chi connectivity index (χ3n) is 5.43. The summed E-state index contributed by atoms with van der Waals surface area (Å²) in [5.74, 6) is -0.192. The van der Waals surface area contributed by atoms with Gasteiger partial charge in [-0.15, -0.1) is 0 Å². The number of amides is 1. The van der Waals surface area contributed by atoms with Crippen LogP contribution >= 0.6 is 0 Å². The van der Waals surface area contributed by atoms with E-state index in [-0.39, 0.29) is 17.9 Å². The Morgan fingerprint density at radius 1 is 1.04 bits per heavy atom. The van der Waals surface area contributed by atoms with Crippen molar-refractivity contribution < 1.29 is 9.90 Å². The van der Waals surface area contributed by atoms with Crippen LogP contribution in [-0.2, 0) is 10.4 Å². The van der Waals surface area contributed by atoms with Gasteiger partial charge >= 0.3 is 0 Å². The molecule has 4 nitrogen and oxygen atoms in total. The molecule has 1 amide bonds. The molecule has 1 saturated heterocycles. The highest BCUT2D eigenvalue weighted by Gasteiger charge is 2.46. The molecule has 1 aliphatic heterocycles. The second kappa shape index (κ2) is 7.45. The van der Waals surface area contributed by atoms with E-state index in [0.717, 1.165) is 57.2 Å². The van der Waals surface area contributed by atoms with Crippen molar-refractivity contribution in [1.29, 1.82) is 0 Å². The lowest BCUT2D eigenvalue weighted by Gasteiger charge is -2.39. The van der Waals surface area contributed by atoms with Crippen molar-refractivity contribution in [2.45, 2.75) is 56.6 Å². The fraction of sp³-hybridized carbons (Fsp3) is 0.632. The average molecular weight is 316 g/mol. The van der Waals surface area contributed by atoms with Crippen LogP contribution in [0.15, 0.2) is 30.3 Å². The third-order valence-corrected chi connectivity index (χ3v) is 5.43. The zero-order valence-electron chi connectivity index (χ0n) is 13.8. The van der Waals surface area contributed by atoms with Gasteiger partial charge in [0.05, 0.1) is 0 Å². The lowest BCUT2D eigenvalue weighted by Crippen LogP contribution is -2.54. The van der Waals surface area contributed by atoms with E-state index in [1.54, 1.807) is 0 Å². The highest BCUT2D eigenvalue weighted by atomic mass is 16.3. The molecule has 2 aliphatic rings. The quantitative estimate of drug-likeness (QED) is 0.799. The standard InChI is InChI=1S/C19H28N2O2/c22-18(21-17-11-13-20-14-12-17)19(23,15-7-3-1-4-8-15)16-9-5-2-6-10-16/h1,3-4,7-8,16-17,20,23H,2,5-6,9-14H2,(H,21,22). The number of benzene rings is 1. The molecule has 0 radical (unpaired) electrons. The molecule has 1 aromatic carbocycles. The Morgan fingerprint density at radius 2 is 1.70 bits per heavy atom. The van der Waals surface area contributed by atoms with E-state index < -0.39 is 5.60 Å². The monoisotopic (exact) mass is 316 g/mol. The second-order valence-corrected chi connectivity index (χ2v) is 6.97. The first-order chi connectivity index (χ1) is 11.2. The lowest BCUT2D eigenvalue weighted by atomic mass is 9.72. The largest absolute Gasteiger partial charge is 0.375 e. The van der Waals surface area contributed by atoms with Crippen LogP contribution in [0.25, 0.3) is 0 Å². The van der Waals surface area contributed by atoms with Gasteiger partial charge in [0.2, 0.25) is 0 Å². The molecule has 1 heterocycles. The summed E-state index contributed by atoms with van der Waals surface area (Å²) in [6.07, 6.45) is 7.11. The highest BCUT2D eigenvalue weighted by Crippen LogP contribution is 2.39. The highest BCUT2D eigenvalue weighted by molar-refractivity contribution is 5.87. The molecule has 0 spiro atoms. The molecule has 2 fully saturated rings. The van der Waals surface area contributed by atoms with Gasteiger partial charge in [0, 0.05) is 12.0 Å². The number of carbonyl (C=O) groups is 1. The predicted octanol–water partition coefficient (Wildman–Crippen LogP) is 2.32. The Hall–Kier alpha value is -1.39. The van der Waals surface area contributed by atoms with Gasteiger partial charge < -0.3 is 15.7 Å². The first-order valence-corrected chi connectivity index (χ1v) is 9.01. The molecular weight excluding hydrogens is 288 g/mol. The number of rotatable bonds is 4. The normalized spacial score (nSPS) is 23.2. The van der Waals surface area contributed by atoms with Crippen LogP contribution in [0, 0.1) is 5.92 Å². The molecule has 0 aromatic heterocycles. The first-order valence-electron chi connectivity index (χ1n) is 9.01. The summed E-state index contributed by atoms with van der Waals surface area (Å²) >= 11 is 0. The first kappa shape index (κ1) is 16.5. The molecule has 4 heteroatoms. The van der Waals surface area contributed by atoms with E-state index in [4.69, 9.17) is 0 Å². The van der Waals surface area contributed by atoms with Gasteiger partial charge in [-0.25, -0.2) is 0 Å². The summed E-state index contributed by atoms with van der Waals surface area (Å²) < 4.78 is 0. The summed E-state index contributed by atoms with van der Waals surface area (Å²) in [6, 6.07) is 9.67. The fourth-order valence-corrected chi connectivity index (χ4v) is 4.03. The van der Waals surface area contributed by atoms with Gasteiger partial charge in [-0.3, -0.25) is 4.79 Å². The summed E-state index contributed by atoms with van der Waals surface area (Å²) in [5.41, 5.74) is -0.662. The van der Waals surface area contributed by atoms with Crippen LogP contribution in [0.4, 0.5) is 0 Å². The number of carbonyl (C=O) groups excluding carboxylic acids is 1. The number of hydrogen-bond acceptors (Lipinski definition) is 3. The van der Waals surface area contributed by atoms with Crippen molar-refractivity contribution in [3.63, 3.8) is 0 Å². The van der Waals surface area contributed by atoms with Crippen LogP contribution < -0.4 is 10.6 Å². The van der Waals surface area contributed by atoms with Crippen molar-refractivity contribution in [3.05, 3.63) is 35.9 Å². The van der Waals surface area contributed by atoms with Crippen LogP contribution in [0.2, 0.25) is 0 Å². The van der Waals surface area contributed by atoms with Crippen molar-refractivity contribution in [2.24, 2.45) is 5.92 Å². The number of piperidine rings is 1. The fourth-order valence-electron chi connectivity index (χ4n) is 4.03. The topological polar surface area (TPSA) is 61.4 Å². The maximum absolute atomic E-state index is 13.1. The molecule has 3 rings (SSSR count). The lowest BCUT2D eigenvalue weighted by molar-refractivity contribution is -0.150. The van der Waals surface area contributed by atoms with E-state index in [1.165, 1.54) is 6.42 Å². The minimum atomic E-state index is -1.40. The molecule has 1 unspecified atom stereocenters. The van der Waals surface area contributed by atoms with Crippen LogP contribution in [-0.4, -0.2) is 30.1 Å². The average Bonchev–Trinajstić information content (AvgIpc) is 2.63. The summed E-state index contributed by atoms with van der Waals surface area (Å²) in [7, 11) is 0. The maximum Gasteiger partial charge on any atom is 0.257 e. The van der Waals surface area contributed by atoms with Gasteiger partial charge in [-0.2, -0.15) is 0 Å². The van der Waals surface area contributed by atoms with Crippen LogP contribution in [0.1, 0.15) is 50.5 Å². The molecule has 3 N–H and O–H groups in total. The SMILES string of the molecule is O=C(NC1CCNCC1)C(O)(c1ccccc1)C1CCCCC1. The minimum absolute atomic E-state index is 0.0142. The van der Waals surface area contributed by atoms with E-state index in [2.05, 4.69) is 10.6 Å². The Labute approximate surface area is 138 Å². The summed E-state index contributed by atoms with van der Waals surface area (Å²) in [6.45, 7) is 1.86. The molecule has 1 aromatic rings. The molecule has 0 bridgehead atoms. The van der Waals surface area contributed by atoms with Gasteiger partial charge in [0.15, 0.2) is 5.60 Å². The molecule has 23 heavy (non-hydrogen) atoms. The molecule has 1 atom stereocenters. The predicted molar refractivity (Wildman–Crippen MR) is 90.9 cm³/mol. The Kier molecular flexibility index (Phi) is 5.34. The second-order valence-electron chi connectivity index (χ2n) is 6.97. The van der Waals surface area contributed by atoms with E-state index >= 15 is 0 Å².